The number of benzene rings is 5. The van der Waals surface area contributed by atoms with Crippen LogP contribution in [0.1, 0.15) is 56.8 Å². The fourth-order valence-corrected chi connectivity index (χ4v) is 11.3. The summed E-state index contributed by atoms with van der Waals surface area (Å²) in [5.74, 6) is 1.57. The number of amides is 2. The summed E-state index contributed by atoms with van der Waals surface area (Å²) in [4.78, 5) is 39.1. The Bertz CT molecular complexity index is 2680. The molecule has 0 radical (unpaired) electrons. The van der Waals surface area contributed by atoms with Gasteiger partial charge in [-0.05, 0) is 91.2 Å². The Kier molecular flexibility index (Phi) is 16.8. The van der Waals surface area contributed by atoms with Gasteiger partial charge in [-0.25, -0.2) is 0 Å². The molecule has 3 aliphatic heterocycles. The molecule has 0 spiro atoms. The molecular formula is C54H63N5O9S2. The fraction of sp³-hybridized carbons (Fsp3) is 0.389. The van der Waals surface area contributed by atoms with E-state index in [0.717, 1.165) is 52.3 Å². The molecule has 16 heteroatoms. The van der Waals surface area contributed by atoms with E-state index in [4.69, 9.17) is 38.2 Å². The SMILES string of the molecule is CNc1cc(OCc2cc(COc3cc4c(cc3OC)C(=O)N3c5ccccc5CC3C=N4)cc(N(CCOCCOCCOC)CC(C)(C)SSC)c2)c(OC)cc1C(=O)N1CCc2ccccc21. The highest BCUT2D eigenvalue weighted by Crippen LogP contribution is 2.42. The number of ether oxygens (including phenoxy) is 7. The lowest BCUT2D eigenvalue weighted by atomic mass is 10.1. The van der Waals surface area contributed by atoms with E-state index < -0.39 is 0 Å². The van der Waals surface area contributed by atoms with Crippen LogP contribution in [0.4, 0.5) is 28.4 Å². The standard InChI is InChI=1S/C54H63N5O9S2/c1-54(2,70-69-7)35-57(18-19-65-22-23-66-21-20-62-4)40-25-36(33-67-50-30-44(55-3)42(28-48(50)63-5)52(60)58-17-16-38-12-8-10-14-46(38)58)24-37(26-40)34-68-51-31-45-43(29-49(51)64-6)53(61)59-41(32-56-45)27-39-13-9-11-15-47(39)59/h8-15,24-26,28-32,41,55H,16-23,27,33-35H2,1-7H3. The van der Waals surface area contributed by atoms with Crippen LogP contribution in [0.15, 0.2) is 96.0 Å². The Morgan fingerprint density at radius 2 is 1.46 bits per heavy atom. The summed E-state index contributed by atoms with van der Waals surface area (Å²) in [5, 5.41) is 3.23. The van der Waals surface area contributed by atoms with Gasteiger partial charge in [-0.3, -0.25) is 19.5 Å². The highest BCUT2D eigenvalue weighted by atomic mass is 33.1. The first-order chi connectivity index (χ1) is 34.0. The summed E-state index contributed by atoms with van der Waals surface area (Å²) in [6.07, 6.45) is 5.45. The predicted molar refractivity (Wildman–Crippen MR) is 282 cm³/mol. The maximum absolute atomic E-state index is 14.1. The van der Waals surface area contributed by atoms with E-state index in [1.54, 1.807) is 57.4 Å². The maximum atomic E-state index is 14.1. The van der Waals surface area contributed by atoms with E-state index in [9.17, 15) is 9.59 Å². The molecule has 0 bridgehead atoms. The highest BCUT2D eigenvalue weighted by Gasteiger charge is 2.37. The summed E-state index contributed by atoms with van der Waals surface area (Å²) >= 11 is 0. The van der Waals surface area contributed by atoms with Crippen LogP contribution in [0.5, 0.6) is 23.0 Å². The Hall–Kier alpha value is -5.91. The number of nitrogens with zero attached hydrogens (tertiary/aromatic N) is 4. The molecule has 14 nitrogen and oxygen atoms in total. The number of carbonyl (C=O) groups is 2. The lowest BCUT2D eigenvalue weighted by Gasteiger charge is -2.34. The van der Waals surface area contributed by atoms with E-state index in [1.807, 2.05) is 69.3 Å². The van der Waals surface area contributed by atoms with Crippen LogP contribution in [-0.2, 0) is 40.3 Å². The lowest BCUT2D eigenvalue weighted by Crippen LogP contribution is -2.38. The second-order valence-electron chi connectivity index (χ2n) is 17.7. The average molecular weight is 990 g/mol. The van der Waals surface area contributed by atoms with Gasteiger partial charge in [-0.1, -0.05) is 58.0 Å². The molecule has 0 aromatic heterocycles. The number of carbonyl (C=O) groups excluding carboxylic acids is 2. The molecule has 370 valence electrons. The monoisotopic (exact) mass is 989 g/mol. The maximum Gasteiger partial charge on any atom is 0.261 e. The van der Waals surface area contributed by atoms with Crippen LogP contribution in [0.25, 0.3) is 0 Å². The molecular weight excluding hydrogens is 927 g/mol. The van der Waals surface area contributed by atoms with Crippen molar-refractivity contribution in [2.45, 2.75) is 50.7 Å². The van der Waals surface area contributed by atoms with Crippen molar-refractivity contribution < 1.29 is 42.7 Å². The summed E-state index contributed by atoms with van der Waals surface area (Å²) in [6, 6.07) is 29.3. The number of anilines is 4. The first kappa shape index (κ1) is 50.5. The normalized spacial score (nSPS) is 14.7. The molecule has 0 saturated heterocycles. The molecule has 5 aromatic rings. The number of para-hydroxylation sites is 2. The van der Waals surface area contributed by atoms with Crippen molar-refractivity contribution in [3.8, 4) is 23.0 Å². The first-order valence-corrected chi connectivity index (χ1v) is 26.1. The van der Waals surface area contributed by atoms with E-state index in [1.165, 1.54) is 0 Å². The molecule has 1 N–H and O–H groups in total. The van der Waals surface area contributed by atoms with Crippen molar-refractivity contribution in [1.29, 1.82) is 0 Å². The molecule has 1 atom stereocenters. The predicted octanol–water partition coefficient (Wildman–Crippen LogP) is 9.67. The van der Waals surface area contributed by atoms with Gasteiger partial charge in [0.05, 0.1) is 75.8 Å². The van der Waals surface area contributed by atoms with E-state index in [-0.39, 0.29) is 35.8 Å². The van der Waals surface area contributed by atoms with Crippen molar-refractivity contribution in [3.63, 3.8) is 0 Å². The summed E-state index contributed by atoms with van der Waals surface area (Å²) in [5.41, 5.74) is 8.91. The van der Waals surface area contributed by atoms with Gasteiger partial charge in [-0.15, -0.1) is 0 Å². The van der Waals surface area contributed by atoms with Gasteiger partial charge in [-0.2, -0.15) is 0 Å². The minimum absolute atomic E-state index is 0.114. The number of aliphatic imine (C=N–C) groups is 1. The number of nitrogens with one attached hydrogen (secondary N) is 1. The van der Waals surface area contributed by atoms with Crippen LogP contribution < -0.4 is 39.0 Å². The molecule has 2 amide bonds. The minimum atomic E-state index is -0.184. The van der Waals surface area contributed by atoms with Gasteiger partial charge in [0.1, 0.15) is 13.2 Å². The van der Waals surface area contributed by atoms with Crippen LogP contribution >= 0.6 is 21.6 Å². The third kappa shape index (κ3) is 11.6. The molecule has 0 saturated carbocycles. The first-order valence-electron chi connectivity index (χ1n) is 23.5. The van der Waals surface area contributed by atoms with E-state index in [0.29, 0.717) is 98.0 Å². The van der Waals surface area contributed by atoms with Crippen molar-refractivity contribution in [3.05, 3.63) is 124 Å². The van der Waals surface area contributed by atoms with Gasteiger partial charge in [0.15, 0.2) is 23.0 Å². The lowest BCUT2D eigenvalue weighted by molar-refractivity contribution is 0.0264. The number of hydrogen-bond donors (Lipinski definition) is 1. The van der Waals surface area contributed by atoms with Crippen LogP contribution in [0.2, 0.25) is 0 Å². The third-order valence-corrected chi connectivity index (χ3v) is 15.0. The zero-order chi connectivity index (χ0) is 49.2. The Morgan fingerprint density at radius 1 is 0.800 bits per heavy atom. The second kappa shape index (κ2) is 23.3. The molecule has 8 rings (SSSR count). The molecule has 0 fully saturated rings. The number of methoxy groups -OCH3 is 3. The quantitative estimate of drug-likeness (QED) is 0.0465. The van der Waals surface area contributed by atoms with Crippen LogP contribution in [-0.4, -0.2) is 116 Å². The molecule has 3 aliphatic rings. The molecule has 1 unspecified atom stereocenters. The largest absolute Gasteiger partial charge is 0.493 e. The number of fused-ring (bicyclic) bond motifs is 5. The van der Waals surface area contributed by atoms with Crippen LogP contribution in [0, 0.1) is 0 Å². The zero-order valence-electron chi connectivity index (χ0n) is 41.1. The highest BCUT2D eigenvalue weighted by molar-refractivity contribution is 8.77. The molecule has 70 heavy (non-hydrogen) atoms. The second-order valence-corrected chi connectivity index (χ2v) is 20.8. The Morgan fingerprint density at radius 3 is 2.16 bits per heavy atom. The van der Waals surface area contributed by atoms with Gasteiger partial charge in [0.2, 0.25) is 0 Å². The van der Waals surface area contributed by atoms with Gasteiger partial charge >= 0.3 is 0 Å². The van der Waals surface area contributed by atoms with Gasteiger partial charge in [0, 0.05) is 80.4 Å². The minimum Gasteiger partial charge on any atom is -0.493 e. The van der Waals surface area contributed by atoms with E-state index >= 15 is 0 Å². The van der Waals surface area contributed by atoms with Gasteiger partial charge < -0.3 is 48.3 Å². The van der Waals surface area contributed by atoms with Crippen molar-refractivity contribution >= 4 is 68.1 Å². The Labute approximate surface area is 419 Å². The fourth-order valence-electron chi connectivity index (χ4n) is 9.16. The summed E-state index contributed by atoms with van der Waals surface area (Å²) in [6.45, 7) is 9.24. The van der Waals surface area contributed by atoms with Crippen molar-refractivity contribution in [2.24, 2.45) is 4.99 Å². The van der Waals surface area contributed by atoms with Gasteiger partial charge in [0.25, 0.3) is 11.8 Å². The summed E-state index contributed by atoms with van der Waals surface area (Å²) < 4.78 is 41.7. The number of hydrogen-bond acceptors (Lipinski definition) is 14. The third-order valence-electron chi connectivity index (χ3n) is 12.4. The zero-order valence-corrected chi connectivity index (χ0v) is 42.7. The molecule has 5 aromatic carbocycles. The molecule has 3 heterocycles. The van der Waals surface area contributed by atoms with Crippen molar-refractivity contribution in [1.82, 2.24) is 0 Å². The average Bonchev–Trinajstić information content (AvgIpc) is 3.95. The topological polar surface area (TPSA) is 133 Å². The Balaban J connectivity index is 1.08. The van der Waals surface area contributed by atoms with Crippen molar-refractivity contribution in [2.75, 3.05) is 107 Å². The van der Waals surface area contributed by atoms with Crippen LogP contribution in [0.3, 0.4) is 0 Å². The molecule has 0 aliphatic carbocycles. The smallest absolute Gasteiger partial charge is 0.261 e. The summed E-state index contributed by atoms with van der Waals surface area (Å²) in [7, 11) is 10.2. The van der Waals surface area contributed by atoms with E-state index in [2.05, 4.69) is 60.7 Å². The number of rotatable bonds is 24.